The van der Waals surface area contributed by atoms with Crippen LogP contribution in [0.4, 0.5) is 10.5 Å². The number of benzene rings is 1. The lowest BCUT2D eigenvalue weighted by Gasteiger charge is -2.28. The monoisotopic (exact) mass is 294 g/mol. The van der Waals surface area contributed by atoms with Gasteiger partial charge in [-0.2, -0.15) is 0 Å². The summed E-state index contributed by atoms with van der Waals surface area (Å²) in [6.07, 6.45) is 0. The van der Waals surface area contributed by atoms with E-state index in [2.05, 4.69) is 10.6 Å². The number of aromatic carboxylic acids is 1. The fourth-order valence-electron chi connectivity index (χ4n) is 1.51. The van der Waals surface area contributed by atoms with Crippen LogP contribution in [0.25, 0.3) is 0 Å². The van der Waals surface area contributed by atoms with E-state index in [-0.39, 0.29) is 22.7 Å². The molecule has 0 aromatic heterocycles. The molecule has 2 amide bonds. The number of carboxylic acids is 1. The van der Waals surface area contributed by atoms with E-state index in [0.717, 1.165) is 0 Å². The molecule has 0 aliphatic rings. The number of carboxylic acid groups (broad SMARTS) is 1. The van der Waals surface area contributed by atoms with Crippen LogP contribution in [0.3, 0.4) is 0 Å². The van der Waals surface area contributed by atoms with Gasteiger partial charge >= 0.3 is 12.0 Å². The van der Waals surface area contributed by atoms with E-state index >= 15 is 0 Å². The van der Waals surface area contributed by atoms with E-state index in [0.29, 0.717) is 5.75 Å². The summed E-state index contributed by atoms with van der Waals surface area (Å²) < 4.78 is 5.04. The van der Waals surface area contributed by atoms with Crippen LogP contribution in [0.1, 0.15) is 38.1 Å². The Morgan fingerprint density at radius 1 is 1.29 bits per heavy atom. The Kier molecular flexibility index (Phi) is 5.18. The average molecular weight is 294 g/mol. The Morgan fingerprint density at radius 2 is 1.90 bits per heavy atom. The number of nitrogens with one attached hydrogen (secondary N) is 2. The minimum Gasteiger partial charge on any atom is -0.497 e. The topological polar surface area (TPSA) is 87.7 Å². The molecule has 0 heterocycles. The highest BCUT2D eigenvalue weighted by Gasteiger charge is 2.22. The second-order valence-corrected chi connectivity index (χ2v) is 5.90. The van der Waals surface area contributed by atoms with Gasteiger partial charge in [-0.15, -0.1) is 0 Å². The molecule has 0 aliphatic heterocycles. The van der Waals surface area contributed by atoms with Crippen molar-refractivity contribution in [3.05, 3.63) is 23.8 Å². The summed E-state index contributed by atoms with van der Waals surface area (Å²) in [7, 11) is 1.47. The normalized spacial score (nSPS) is 12.4. The lowest BCUT2D eigenvalue weighted by Crippen LogP contribution is -2.43. The number of anilines is 1. The number of amides is 2. The highest BCUT2D eigenvalue weighted by Crippen LogP contribution is 2.23. The first kappa shape index (κ1) is 16.8. The van der Waals surface area contributed by atoms with Gasteiger partial charge < -0.3 is 20.5 Å². The summed E-state index contributed by atoms with van der Waals surface area (Å²) in [5, 5.41) is 14.5. The van der Waals surface area contributed by atoms with Crippen molar-refractivity contribution in [3.8, 4) is 5.75 Å². The van der Waals surface area contributed by atoms with Crippen molar-refractivity contribution in [1.82, 2.24) is 5.32 Å². The molecular formula is C15H22N2O4. The fourth-order valence-corrected chi connectivity index (χ4v) is 1.51. The van der Waals surface area contributed by atoms with Crippen LogP contribution in [0.2, 0.25) is 0 Å². The Bertz CT molecular complexity index is 535. The van der Waals surface area contributed by atoms with Crippen molar-refractivity contribution in [2.75, 3.05) is 12.4 Å². The van der Waals surface area contributed by atoms with E-state index in [1.807, 2.05) is 27.7 Å². The summed E-state index contributed by atoms with van der Waals surface area (Å²) in [6.45, 7) is 7.91. The van der Waals surface area contributed by atoms with Gasteiger partial charge in [-0.25, -0.2) is 9.59 Å². The first-order valence-electron chi connectivity index (χ1n) is 6.64. The van der Waals surface area contributed by atoms with E-state index in [1.165, 1.54) is 25.3 Å². The minimum absolute atomic E-state index is 0.00867. The number of methoxy groups -OCH3 is 1. The third-order valence-electron chi connectivity index (χ3n) is 3.35. The number of urea groups is 1. The van der Waals surface area contributed by atoms with Crippen LogP contribution in [0.15, 0.2) is 18.2 Å². The van der Waals surface area contributed by atoms with Crippen LogP contribution in [0, 0.1) is 5.41 Å². The molecule has 6 nitrogen and oxygen atoms in total. The number of hydrogen-bond donors (Lipinski definition) is 3. The predicted molar refractivity (Wildman–Crippen MR) is 81.0 cm³/mol. The fraction of sp³-hybridized carbons (Fsp3) is 0.467. The van der Waals surface area contributed by atoms with Crippen LogP contribution in [-0.2, 0) is 0 Å². The average Bonchev–Trinajstić information content (AvgIpc) is 2.36. The summed E-state index contributed by atoms with van der Waals surface area (Å²) >= 11 is 0. The van der Waals surface area contributed by atoms with Crippen molar-refractivity contribution in [2.45, 2.75) is 33.7 Å². The Labute approximate surface area is 124 Å². The third-order valence-corrected chi connectivity index (χ3v) is 3.35. The zero-order valence-electron chi connectivity index (χ0n) is 13.0. The first-order valence-corrected chi connectivity index (χ1v) is 6.64. The maximum Gasteiger partial charge on any atom is 0.337 e. The van der Waals surface area contributed by atoms with Crippen molar-refractivity contribution >= 4 is 17.7 Å². The van der Waals surface area contributed by atoms with Crippen molar-refractivity contribution in [2.24, 2.45) is 5.41 Å². The maximum atomic E-state index is 12.0. The highest BCUT2D eigenvalue weighted by molar-refractivity contribution is 6.00. The molecule has 0 aliphatic carbocycles. The van der Waals surface area contributed by atoms with Gasteiger partial charge in [-0.1, -0.05) is 20.8 Å². The lowest BCUT2D eigenvalue weighted by atomic mass is 9.88. The SMILES string of the molecule is COc1ccc(C(=O)O)c(NC(=O)NC(C)C(C)(C)C)c1. The molecule has 3 N–H and O–H groups in total. The largest absolute Gasteiger partial charge is 0.497 e. The van der Waals surface area contributed by atoms with Crippen molar-refractivity contribution in [1.29, 1.82) is 0 Å². The molecule has 21 heavy (non-hydrogen) atoms. The van der Waals surface area contributed by atoms with Crippen LogP contribution in [-0.4, -0.2) is 30.3 Å². The molecule has 0 bridgehead atoms. The van der Waals surface area contributed by atoms with Crippen LogP contribution < -0.4 is 15.4 Å². The molecule has 1 unspecified atom stereocenters. The number of carbonyl (C=O) groups is 2. The van der Waals surface area contributed by atoms with Crippen molar-refractivity contribution in [3.63, 3.8) is 0 Å². The number of ether oxygens (including phenoxy) is 1. The molecule has 6 heteroatoms. The molecule has 116 valence electrons. The van der Waals surface area contributed by atoms with E-state index in [1.54, 1.807) is 0 Å². The standard InChI is InChI=1S/C15H22N2O4/c1-9(15(2,3)4)16-14(20)17-12-8-10(21-5)6-7-11(12)13(18)19/h6-9H,1-5H3,(H,18,19)(H2,16,17,20). The molecule has 1 atom stereocenters. The predicted octanol–water partition coefficient (Wildman–Crippen LogP) is 2.95. The quantitative estimate of drug-likeness (QED) is 0.796. The number of hydrogen-bond acceptors (Lipinski definition) is 3. The molecule has 0 saturated carbocycles. The number of carbonyl (C=O) groups excluding carboxylic acids is 1. The van der Waals surface area contributed by atoms with E-state index < -0.39 is 12.0 Å². The number of rotatable bonds is 4. The Hall–Kier alpha value is -2.24. The molecule has 0 radical (unpaired) electrons. The second kappa shape index (κ2) is 6.47. The summed E-state index contributed by atoms with van der Waals surface area (Å²) in [5.74, 6) is -0.643. The second-order valence-electron chi connectivity index (χ2n) is 5.90. The Balaban J connectivity index is 2.91. The van der Waals surface area contributed by atoms with Crippen LogP contribution >= 0.6 is 0 Å². The molecule has 0 spiro atoms. The van der Waals surface area contributed by atoms with Gasteiger partial charge in [-0.3, -0.25) is 0 Å². The molecule has 0 fully saturated rings. The summed E-state index contributed by atoms with van der Waals surface area (Å²) in [5.41, 5.74) is 0.108. The van der Waals surface area contributed by atoms with Gasteiger partial charge in [0.2, 0.25) is 0 Å². The first-order chi connectivity index (χ1) is 9.65. The van der Waals surface area contributed by atoms with E-state index in [4.69, 9.17) is 9.84 Å². The molecular weight excluding hydrogens is 272 g/mol. The van der Waals surface area contributed by atoms with Gasteiger partial charge in [0.15, 0.2) is 0 Å². The maximum absolute atomic E-state index is 12.0. The zero-order chi connectivity index (χ0) is 16.2. The minimum atomic E-state index is -1.11. The van der Waals surface area contributed by atoms with Gasteiger partial charge in [0.1, 0.15) is 5.75 Å². The van der Waals surface area contributed by atoms with Gasteiger partial charge in [0, 0.05) is 12.1 Å². The molecule has 1 aromatic rings. The summed E-state index contributed by atoms with van der Waals surface area (Å²) in [6, 6.07) is 3.88. The van der Waals surface area contributed by atoms with Crippen molar-refractivity contribution < 1.29 is 19.4 Å². The zero-order valence-corrected chi connectivity index (χ0v) is 13.0. The highest BCUT2D eigenvalue weighted by atomic mass is 16.5. The van der Waals surface area contributed by atoms with Gasteiger partial charge in [-0.05, 0) is 24.5 Å². The van der Waals surface area contributed by atoms with Gasteiger partial charge in [0.05, 0.1) is 18.4 Å². The Morgan fingerprint density at radius 3 is 2.38 bits per heavy atom. The molecule has 1 aromatic carbocycles. The molecule has 1 rings (SSSR count). The van der Waals surface area contributed by atoms with Gasteiger partial charge in [0.25, 0.3) is 0 Å². The van der Waals surface area contributed by atoms with Crippen LogP contribution in [0.5, 0.6) is 5.75 Å². The summed E-state index contributed by atoms with van der Waals surface area (Å²) in [4.78, 5) is 23.2. The molecule has 0 saturated heterocycles. The third kappa shape index (κ3) is 4.66. The lowest BCUT2D eigenvalue weighted by molar-refractivity contribution is 0.0698. The smallest absolute Gasteiger partial charge is 0.337 e. The van der Waals surface area contributed by atoms with E-state index in [9.17, 15) is 9.59 Å².